The van der Waals surface area contributed by atoms with E-state index < -0.39 is 0 Å². The highest BCUT2D eigenvalue weighted by Crippen LogP contribution is 2.22. The highest BCUT2D eigenvalue weighted by Gasteiger charge is 2.07. The Morgan fingerprint density at radius 3 is 3.00 bits per heavy atom. The molecule has 0 radical (unpaired) electrons. The molecule has 0 fully saturated rings. The summed E-state index contributed by atoms with van der Waals surface area (Å²) in [5.41, 5.74) is 7.31. The molecule has 86 valence electrons. The molecule has 0 bridgehead atoms. The Hall–Kier alpha value is -1.93. The average molecular weight is 244 g/mol. The summed E-state index contributed by atoms with van der Waals surface area (Å²) in [7, 11) is 0. The fourth-order valence-corrected chi connectivity index (χ4v) is 2.14. The predicted octanol–water partition coefficient (Wildman–Crippen LogP) is 2.44. The van der Waals surface area contributed by atoms with Gasteiger partial charge in [0.25, 0.3) is 0 Å². The monoisotopic (exact) mass is 244 g/mol. The second-order valence-corrected chi connectivity index (χ2v) is 4.70. The molecule has 0 aliphatic rings. The first-order valence-electron chi connectivity index (χ1n) is 5.23. The van der Waals surface area contributed by atoms with E-state index in [1.54, 1.807) is 28.6 Å². The molecule has 0 saturated carbocycles. The van der Waals surface area contributed by atoms with Gasteiger partial charge in [-0.1, -0.05) is 13.0 Å². The maximum Gasteiger partial charge on any atom is 0.128 e. The summed E-state index contributed by atoms with van der Waals surface area (Å²) in [6, 6.07) is 11.2. The topological polar surface area (TPSA) is 67.6 Å². The van der Waals surface area contributed by atoms with E-state index in [2.05, 4.69) is 18.1 Å². The number of hydrogen-bond donors (Lipinski definition) is 1. The lowest BCUT2D eigenvalue weighted by molar-refractivity contribution is 0.845. The zero-order valence-electron chi connectivity index (χ0n) is 9.42. The molecule has 0 aliphatic heterocycles. The molecule has 1 aromatic heterocycles. The van der Waals surface area contributed by atoms with Crippen LogP contribution in [0.4, 0.5) is 5.82 Å². The summed E-state index contributed by atoms with van der Waals surface area (Å²) < 4.78 is 1.65. The molecule has 17 heavy (non-hydrogen) atoms. The maximum absolute atomic E-state index is 8.85. The van der Waals surface area contributed by atoms with Crippen LogP contribution in [0.2, 0.25) is 0 Å². The number of anilines is 1. The predicted molar refractivity (Wildman–Crippen MR) is 69.1 cm³/mol. The van der Waals surface area contributed by atoms with Crippen LogP contribution in [-0.4, -0.2) is 15.5 Å². The molecule has 4 nitrogen and oxygen atoms in total. The Balaban J connectivity index is 2.42. The second-order valence-electron chi connectivity index (χ2n) is 3.41. The van der Waals surface area contributed by atoms with Gasteiger partial charge in [0.15, 0.2) is 0 Å². The van der Waals surface area contributed by atoms with Gasteiger partial charge in [0, 0.05) is 6.07 Å². The fraction of sp³-hybridized carbons (Fsp3) is 0.167. The molecule has 5 heteroatoms. The van der Waals surface area contributed by atoms with Crippen LogP contribution in [-0.2, 0) is 0 Å². The largest absolute Gasteiger partial charge is 0.384 e. The van der Waals surface area contributed by atoms with Crippen LogP contribution in [0.25, 0.3) is 5.69 Å². The third kappa shape index (κ3) is 2.43. The minimum Gasteiger partial charge on any atom is -0.384 e. The van der Waals surface area contributed by atoms with Gasteiger partial charge in [-0.3, -0.25) is 0 Å². The lowest BCUT2D eigenvalue weighted by atomic mass is 10.2. The molecule has 2 rings (SSSR count). The highest BCUT2D eigenvalue weighted by molar-refractivity contribution is 7.99. The standard InChI is InChI=1S/C12H12N4S/c1-2-17-12-7-11(14)16(15-12)10-5-3-4-9(6-10)8-13/h3-7H,2,14H2,1H3. The van der Waals surface area contributed by atoms with E-state index in [4.69, 9.17) is 11.0 Å². The second kappa shape index (κ2) is 4.93. The summed E-state index contributed by atoms with van der Waals surface area (Å²) >= 11 is 1.64. The van der Waals surface area contributed by atoms with Gasteiger partial charge >= 0.3 is 0 Å². The van der Waals surface area contributed by atoms with Crippen molar-refractivity contribution in [2.45, 2.75) is 11.9 Å². The fourth-order valence-electron chi connectivity index (χ4n) is 1.51. The number of nitrogens with zero attached hydrogens (tertiary/aromatic N) is 3. The minimum atomic E-state index is 0.580. The number of nitriles is 1. The van der Waals surface area contributed by atoms with Crippen molar-refractivity contribution in [3.8, 4) is 11.8 Å². The number of nitrogens with two attached hydrogens (primary N) is 1. The van der Waals surface area contributed by atoms with Gasteiger partial charge in [0.1, 0.15) is 10.8 Å². The van der Waals surface area contributed by atoms with Gasteiger partial charge < -0.3 is 5.73 Å². The van der Waals surface area contributed by atoms with E-state index in [9.17, 15) is 0 Å². The molecule has 0 amide bonds. The normalized spacial score (nSPS) is 10.1. The average Bonchev–Trinajstić information content (AvgIpc) is 2.71. The van der Waals surface area contributed by atoms with Gasteiger partial charge in [0.05, 0.1) is 17.3 Å². The Morgan fingerprint density at radius 2 is 2.29 bits per heavy atom. The first kappa shape index (κ1) is 11.6. The van der Waals surface area contributed by atoms with Gasteiger partial charge in [-0.05, 0) is 24.0 Å². The Bertz CT molecular complexity index is 568. The van der Waals surface area contributed by atoms with E-state index in [-0.39, 0.29) is 0 Å². The molecular formula is C12H12N4S. The summed E-state index contributed by atoms with van der Waals surface area (Å²) in [4.78, 5) is 0. The first-order valence-corrected chi connectivity index (χ1v) is 6.22. The van der Waals surface area contributed by atoms with E-state index in [1.165, 1.54) is 0 Å². The minimum absolute atomic E-state index is 0.580. The van der Waals surface area contributed by atoms with Crippen LogP contribution in [0.3, 0.4) is 0 Å². The number of hydrogen-bond acceptors (Lipinski definition) is 4. The van der Waals surface area contributed by atoms with E-state index in [0.29, 0.717) is 11.4 Å². The number of rotatable bonds is 3. The van der Waals surface area contributed by atoms with Crippen molar-refractivity contribution in [2.75, 3.05) is 11.5 Å². The quantitative estimate of drug-likeness (QED) is 0.842. The molecule has 2 N–H and O–H groups in total. The van der Waals surface area contributed by atoms with E-state index >= 15 is 0 Å². The van der Waals surface area contributed by atoms with Crippen LogP contribution in [0.15, 0.2) is 35.4 Å². The van der Waals surface area contributed by atoms with Crippen LogP contribution in [0.1, 0.15) is 12.5 Å². The van der Waals surface area contributed by atoms with Crippen molar-refractivity contribution < 1.29 is 0 Å². The number of aromatic nitrogens is 2. The Kier molecular flexibility index (Phi) is 3.35. The van der Waals surface area contributed by atoms with Crippen molar-refractivity contribution >= 4 is 17.6 Å². The molecular weight excluding hydrogens is 232 g/mol. The third-order valence-corrected chi connectivity index (χ3v) is 3.01. The molecule has 0 unspecified atom stereocenters. The third-order valence-electron chi connectivity index (χ3n) is 2.23. The summed E-state index contributed by atoms with van der Waals surface area (Å²) in [6.07, 6.45) is 0. The number of thioether (sulfide) groups is 1. The highest BCUT2D eigenvalue weighted by atomic mass is 32.2. The molecule has 0 atom stereocenters. The molecule has 0 spiro atoms. The lowest BCUT2D eigenvalue weighted by Gasteiger charge is -2.03. The first-order chi connectivity index (χ1) is 8.24. The SMILES string of the molecule is CCSc1cc(N)n(-c2cccc(C#N)c2)n1. The molecule has 0 saturated heterocycles. The van der Waals surface area contributed by atoms with Crippen molar-refractivity contribution in [2.24, 2.45) is 0 Å². The van der Waals surface area contributed by atoms with Crippen molar-refractivity contribution in [1.82, 2.24) is 9.78 Å². The number of nitrogen functional groups attached to an aromatic ring is 1. The summed E-state index contributed by atoms with van der Waals surface area (Å²) in [6.45, 7) is 2.07. The van der Waals surface area contributed by atoms with E-state index in [1.807, 2.05) is 18.2 Å². The molecule has 1 aromatic carbocycles. The van der Waals surface area contributed by atoms with Gasteiger partial charge in [-0.2, -0.15) is 10.4 Å². The zero-order valence-corrected chi connectivity index (χ0v) is 10.2. The van der Waals surface area contributed by atoms with Crippen molar-refractivity contribution in [3.05, 3.63) is 35.9 Å². The van der Waals surface area contributed by atoms with E-state index in [0.717, 1.165) is 16.5 Å². The van der Waals surface area contributed by atoms with Gasteiger partial charge in [-0.25, -0.2) is 4.68 Å². The van der Waals surface area contributed by atoms with Crippen molar-refractivity contribution in [1.29, 1.82) is 5.26 Å². The number of benzene rings is 1. The summed E-state index contributed by atoms with van der Waals surface area (Å²) in [5.74, 6) is 1.53. The van der Waals surface area contributed by atoms with Gasteiger partial charge in [0.2, 0.25) is 0 Å². The lowest BCUT2D eigenvalue weighted by Crippen LogP contribution is -2.01. The molecule has 2 aromatic rings. The zero-order chi connectivity index (χ0) is 12.3. The molecule has 1 heterocycles. The van der Waals surface area contributed by atoms with Crippen molar-refractivity contribution in [3.63, 3.8) is 0 Å². The molecule has 0 aliphatic carbocycles. The maximum atomic E-state index is 8.85. The van der Waals surface area contributed by atoms with Gasteiger partial charge in [-0.15, -0.1) is 11.8 Å². The Labute approximate surface area is 104 Å². The van der Waals surface area contributed by atoms with Crippen LogP contribution < -0.4 is 5.73 Å². The van der Waals surface area contributed by atoms with Crippen LogP contribution in [0.5, 0.6) is 0 Å². The van der Waals surface area contributed by atoms with Crippen LogP contribution in [0, 0.1) is 11.3 Å². The van der Waals surface area contributed by atoms with Crippen LogP contribution >= 0.6 is 11.8 Å². The summed E-state index contributed by atoms with van der Waals surface area (Å²) in [5, 5.41) is 14.1. The Morgan fingerprint density at radius 1 is 1.47 bits per heavy atom. The smallest absolute Gasteiger partial charge is 0.128 e.